The van der Waals surface area contributed by atoms with Crippen molar-refractivity contribution in [1.29, 1.82) is 0 Å². The SMILES string of the molecule is CCC1CCC(c2ccc(F)c(F)c2F)CC1. The summed E-state index contributed by atoms with van der Waals surface area (Å²) < 4.78 is 39.6. The van der Waals surface area contributed by atoms with Crippen LogP contribution in [-0.2, 0) is 0 Å². The van der Waals surface area contributed by atoms with Crippen LogP contribution in [0.1, 0.15) is 50.5 Å². The van der Waals surface area contributed by atoms with E-state index >= 15 is 0 Å². The molecule has 1 aliphatic carbocycles. The lowest BCUT2D eigenvalue weighted by Crippen LogP contribution is -2.14. The predicted molar refractivity (Wildman–Crippen MR) is 61.3 cm³/mol. The summed E-state index contributed by atoms with van der Waals surface area (Å²) in [5, 5.41) is 0. The van der Waals surface area contributed by atoms with Crippen LogP contribution in [0.4, 0.5) is 13.2 Å². The van der Waals surface area contributed by atoms with Crippen molar-refractivity contribution in [3.05, 3.63) is 35.1 Å². The first-order chi connectivity index (χ1) is 8.13. The molecule has 2 rings (SSSR count). The Morgan fingerprint density at radius 2 is 1.65 bits per heavy atom. The number of benzene rings is 1. The van der Waals surface area contributed by atoms with Crippen LogP contribution >= 0.6 is 0 Å². The van der Waals surface area contributed by atoms with Gasteiger partial charge in [0, 0.05) is 0 Å². The highest BCUT2D eigenvalue weighted by Crippen LogP contribution is 2.38. The molecular formula is C14H17F3. The molecule has 1 fully saturated rings. The van der Waals surface area contributed by atoms with Gasteiger partial charge in [-0.1, -0.05) is 19.4 Å². The Labute approximate surface area is 99.8 Å². The zero-order valence-corrected chi connectivity index (χ0v) is 9.98. The van der Waals surface area contributed by atoms with Crippen molar-refractivity contribution in [2.24, 2.45) is 5.92 Å². The largest absolute Gasteiger partial charge is 0.204 e. The van der Waals surface area contributed by atoms with E-state index in [2.05, 4.69) is 6.92 Å². The van der Waals surface area contributed by atoms with Crippen LogP contribution < -0.4 is 0 Å². The number of hydrogen-bond donors (Lipinski definition) is 0. The molecule has 1 aliphatic rings. The molecule has 0 aromatic heterocycles. The Hall–Kier alpha value is -0.990. The third kappa shape index (κ3) is 2.48. The van der Waals surface area contributed by atoms with Gasteiger partial charge in [0.1, 0.15) is 0 Å². The summed E-state index contributed by atoms with van der Waals surface area (Å²) in [6.07, 6.45) is 5.01. The van der Waals surface area contributed by atoms with Gasteiger partial charge in [-0.25, -0.2) is 13.2 Å². The van der Waals surface area contributed by atoms with Gasteiger partial charge in [0.25, 0.3) is 0 Å². The van der Waals surface area contributed by atoms with Gasteiger partial charge in [0.15, 0.2) is 17.5 Å². The summed E-state index contributed by atoms with van der Waals surface area (Å²) in [5.74, 6) is -2.67. The van der Waals surface area contributed by atoms with Gasteiger partial charge < -0.3 is 0 Å². The minimum Gasteiger partial charge on any atom is -0.204 e. The molecule has 0 radical (unpaired) electrons. The zero-order chi connectivity index (χ0) is 12.4. The molecular weight excluding hydrogens is 225 g/mol. The van der Waals surface area contributed by atoms with Crippen molar-refractivity contribution < 1.29 is 13.2 Å². The van der Waals surface area contributed by atoms with Crippen molar-refractivity contribution in [2.75, 3.05) is 0 Å². The first-order valence-electron chi connectivity index (χ1n) is 6.26. The Morgan fingerprint density at radius 3 is 2.24 bits per heavy atom. The molecule has 1 aromatic carbocycles. The fraction of sp³-hybridized carbons (Fsp3) is 0.571. The molecule has 0 saturated heterocycles. The van der Waals surface area contributed by atoms with Gasteiger partial charge in [-0.2, -0.15) is 0 Å². The van der Waals surface area contributed by atoms with E-state index in [1.54, 1.807) is 0 Å². The van der Waals surface area contributed by atoms with Gasteiger partial charge in [-0.15, -0.1) is 0 Å². The third-order valence-corrected chi connectivity index (χ3v) is 3.93. The average molecular weight is 242 g/mol. The van der Waals surface area contributed by atoms with E-state index in [9.17, 15) is 13.2 Å². The number of halogens is 3. The summed E-state index contributed by atoms with van der Waals surface area (Å²) in [5.41, 5.74) is 0.346. The molecule has 0 N–H and O–H groups in total. The zero-order valence-electron chi connectivity index (χ0n) is 9.98. The van der Waals surface area contributed by atoms with Crippen molar-refractivity contribution in [3.8, 4) is 0 Å². The summed E-state index contributed by atoms with van der Waals surface area (Å²) in [6, 6.07) is 2.42. The second kappa shape index (κ2) is 5.11. The molecule has 0 atom stereocenters. The topological polar surface area (TPSA) is 0 Å². The van der Waals surface area contributed by atoms with Crippen LogP contribution in [0, 0.1) is 23.4 Å². The highest BCUT2D eigenvalue weighted by atomic mass is 19.2. The van der Waals surface area contributed by atoms with E-state index < -0.39 is 17.5 Å². The van der Waals surface area contributed by atoms with Crippen LogP contribution in [-0.4, -0.2) is 0 Å². The van der Waals surface area contributed by atoms with Crippen molar-refractivity contribution in [2.45, 2.75) is 44.9 Å². The lowest BCUT2D eigenvalue weighted by Gasteiger charge is -2.28. The molecule has 17 heavy (non-hydrogen) atoms. The van der Waals surface area contributed by atoms with Crippen molar-refractivity contribution in [1.82, 2.24) is 0 Å². The molecule has 94 valence electrons. The Balaban J connectivity index is 2.16. The number of hydrogen-bond acceptors (Lipinski definition) is 0. The van der Waals surface area contributed by atoms with Crippen molar-refractivity contribution >= 4 is 0 Å². The smallest absolute Gasteiger partial charge is 0.194 e. The highest BCUT2D eigenvalue weighted by Gasteiger charge is 2.25. The van der Waals surface area contributed by atoms with Gasteiger partial charge in [-0.3, -0.25) is 0 Å². The lowest BCUT2D eigenvalue weighted by molar-refractivity contribution is 0.311. The fourth-order valence-electron chi connectivity index (χ4n) is 2.74. The molecule has 0 unspecified atom stereocenters. The molecule has 1 saturated carbocycles. The van der Waals surface area contributed by atoms with E-state index in [-0.39, 0.29) is 5.92 Å². The maximum atomic E-state index is 13.6. The van der Waals surface area contributed by atoms with Crippen LogP contribution in [0.3, 0.4) is 0 Å². The first kappa shape index (κ1) is 12.5. The van der Waals surface area contributed by atoms with Gasteiger partial charge in [-0.05, 0) is 49.1 Å². The minimum atomic E-state index is -1.33. The molecule has 0 amide bonds. The summed E-state index contributed by atoms with van der Waals surface area (Å²) in [7, 11) is 0. The Bertz CT molecular complexity index is 393. The summed E-state index contributed by atoms with van der Waals surface area (Å²) >= 11 is 0. The third-order valence-electron chi connectivity index (χ3n) is 3.93. The molecule has 0 bridgehead atoms. The number of rotatable bonds is 2. The van der Waals surface area contributed by atoms with Crippen LogP contribution in [0.5, 0.6) is 0 Å². The Kier molecular flexibility index (Phi) is 3.75. The highest BCUT2D eigenvalue weighted by molar-refractivity contribution is 5.24. The van der Waals surface area contributed by atoms with Crippen LogP contribution in [0.25, 0.3) is 0 Å². The van der Waals surface area contributed by atoms with Crippen LogP contribution in [0.15, 0.2) is 12.1 Å². The Morgan fingerprint density at radius 1 is 1.00 bits per heavy atom. The molecule has 0 aliphatic heterocycles. The summed E-state index contributed by atoms with van der Waals surface area (Å²) in [4.78, 5) is 0. The maximum absolute atomic E-state index is 13.6. The molecule has 0 nitrogen and oxygen atoms in total. The van der Waals surface area contributed by atoms with E-state index in [1.807, 2.05) is 0 Å². The minimum absolute atomic E-state index is 0.0490. The van der Waals surface area contributed by atoms with E-state index in [4.69, 9.17) is 0 Å². The quantitative estimate of drug-likeness (QED) is 0.654. The molecule has 3 heteroatoms. The first-order valence-corrected chi connectivity index (χ1v) is 6.26. The van der Waals surface area contributed by atoms with E-state index in [0.29, 0.717) is 11.5 Å². The van der Waals surface area contributed by atoms with E-state index in [1.165, 1.54) is 6.07 Å². The predicted octanol–water partition coefficient (Wildman–Crippen LogP) is 4.79. The maximum Gasteiger partial charge on any atom is 0.194 e. The fourth-order valence-corrected chi connectivity index (χ4v) is 2.74. The molecule has 1 aromatic rings. The average Bonchev–Trinajstić information content (AvgIpc) is 2.36. The monoisotopic (exact) mass is 242 g/mol. The van der Waals surface area contributed by atoms with Gasteiger partial charge in [0.05, 0.1) is 0 Å². The summed E-state index contributed by atoms with van der Waals surface area (Å²) in [6.45, 7) is 2.16. The van der Waals surface area contributed by atoms with Gasteiger partial charge >= 0.3 is 0 Å². The molecule has 0 spiro atoms. The molecule has 0 heterocycles. The normalized spacial score (nSPS) is 24.9. The second-order valence-electron chi connectivity index (χ2n) is 4.89. The van der Waals surface area contributed by atoms with Crippen molar-refractivity contribution in [3.63, 3.8) is 0 Å². The van der Waals surface area contributed by atoms with E-state index in [0.717, 1.165) is 38.2 Å². The second-order valence-corrected chi connectivity index (χ2v) is 4.89. The standard InChI is InChI=1S/C14H17F3/c1-2-9-3-5-10(6-4-9)11-7-8-12(15)14(17)13(11)16/h7-10H,2-6H2,1H3. The van der Waals surface area contributed by atoms with Gasteiger partial charge in [0.2, 0.25) is 0 Å². The lowest BCUT2D eigenvalue weighted by atomic mass is 9.77. The van der Waals surface area contributed by atoms with Crippen LogP contribution in [0.2, 0.25) is 0 Å².